The zero-order valence-corrected chi connectivity index (χ0v) is 12.4. The molecule has 1 aromatic heterocycles. The molecule has 0 atom stereocenters. The maximum atomic E-state index is 12.7. The van der Waals surface area contributed by atoms with Crippen LogP contribution in [0.1, 0.15) is 35.3 Å². The first-order valence-electron chi connectivity index (χ1n) is 7.85. The molecule has 0 amide bonds. The van der Waals surface area contributed by atoms with Crippen LogP contribution in [0.15, 0.2) is 54.6 Å². The molecule has 0 N–H and O–H groups in total. The number of rotatable bonds is 1. The minimum Gasteiger partial charge on any atom is -0.294 e. The minimum absolute atomic E-state index is 0.240. The van der Waals surface area contributed by atoms with Crippen LogP contribution in [0, 0.1) is 0 Å². The van der Waals surface area contributed by atoms with Crippen LogP contribution in [0.2, 0.25) is 0 Å². The third-order valence-corrected chi connectivity index (χ3v) is 4.38. The molecule has 0 saturated carbocycles. The molecule has 0 radical (unpaired) electrons. The van der Waals surface area contributed by atoms with Crippen molar-refractivity contribution in [1.82, 2.24) is 4.98 Å². The van der Waals surface area contributed by atoms with E-state index in [1.165, 1.54) is 0 Å². The molecule has 4 rings (SSSR count). The van der Waals surface area contributed by atoms with Gasteiger partial charge < -0.3 is 0 Å². The largest absolute Gasteiger partial charge is 0.294 e. The Morgan fingerprint density at radius 2 is 1.50 bits per heavy atom. The Kier molecular flexibility index (Phi) is 3.23. The number of nitrogens with zero attached hydrogens (tertiary/aromatic N) is 1. The molecule has 3 aromatic rings. The first-order chi connectivity index (χ1) is 10.8. The van der Waals surface area contributed by atoms with Crippen LogP contribution >= 0.6 is 0 Å². The van der Waals surface area contributed by atoms with Gasteiger partial charge in [0.2, 0.25) is 0 Å². The molecule has 0 bridgehead atoms. The third kappa shape index (κ3) is 2.12. The molecule has 1 aliphatic rings. The van der Waals surface area contributed by atoms with Crippen molar-refractivity contribution in [2.24, 2.45) is 0 Å². The van der Waals surface area contributed by atoms with Crippen LogP contribution in [-0.4, -0.2) is 10.8 Å². The highest BCUT2D eigenvalue weighted by molar-refractivity contribution is 6.10. The highest BCUT2D eigenvalue weighted by Crippen LogP contribution is 2.35. The highest BCUT2D eigenvalue weighted by atomic mass is 16.1. The number of Topliss-reactive ketones (excluding diaryl/α,β-unsaturated/α-hetero) is 1. The van der Waals surface area contributed by atoms with E-state index in [0.717, 1.165) is 52.5 Å². The van der Waals surface area contributed by atoms with Gasteiger partial charge in [0, 0.05) is 22.9 Å². The van der Waals surface area contributed by atoms with Crippen LogP contribution in [0.4, 0.5) is 0 Å². The van der Waals surface area contributed by atoms with E-state index in [0.29, 0.717) is 6.42 Å². The summed E-state index contributed by atoms with van der Waals surface area (Å²) >= 11 is 0. The maximum Gasteiger partial charge on any atom is 0.165 e. The molecule has 2 aromatic carbocycles. The number of aryl methyl sites for hydroxylation is 1. The number of hydrogen-bond acceptors (Lipinski definition) is 2. The lowest BCUT2D eigenvalue weighted by Crippen LogP contribution is -2.06. The second-order valence-electron chi connectivity index (χ2n) is 5.82. The molecular formula is C20H17NO. The number of carbonyl (C=O) groups excluding carboxylic acids is 1. The molecule has 0 fully saturated rings. The SMILES string of the molecule is O=C1CCCCc2nc3ccccc3c(-c3ccccc3)c21. The predicted octanol–water partition coefficient (Wildman–Crippen LogP) is 4.81. The summed E-state index contributed by atoms with van der Waals surface area (Å²) in [6.07, 6.45) is 3.52. The van der Waals surface area contributed by atoms with Crippen molar-refractivity contribution >= 4 is 16.7 Å². The van der Waals surface area contributed by atoms with Gasteiger partial charge in [-0.05, 0) is 30.9 Å². The van der Waals surface area contributed by atoms with Gasteiger partial charge in [0.1, 0.15) is 0 Å². The van der Waals surface area contributed by atoms with E-state index >= 15 is 0 Å². The number of ketones is 1. The Bertz CT molecular complexity index is 852. The van der Waals surface area contributed by atoms with Crippen LogP contribution in [0.3, 0.4) is 0 Å². The van der Waals surface area contributed by atoms with Crippen LogP contribution < -0.4 is 0 Å². The summed E-state index contributed by atoms with van der Waals surface area (Å²) in [6, 6.07) is 18.4. The fourth-order valence-electron chi connectivity index (χ4n) is 3.35. The molecule has 0 spiro atoms. The smallest absolute Gasteiger partial charge is 0.165 e. The van der Waals surface area contributed by atoms with Gasteiger partial charge in [0.15, 0.2) is 5.78 Å². The van der Waals surface area contributed by atoms with E-state index in [4.69, 9.17) is 4.98 Å². The highest BCUT2D eigenvalue weighted by Gasteiger charge is 2.23. The van der Waals surface area contributed by atoms with E-state index < -0.39 is 0 Å². The quantitative estimate of drug-likeness (QED) is 0.601. The summed E-state index contributed by atoms with van der Waals surface area (Å²) < 4.78 is 0. The normalized spacial score (nSPS) is 14.6. The molecule has 0 aliphatic heterocycles. The maximum absolute atomic E-state index is 12.7. The lowest BCUT2D eigenvalue weighted by Gasteiger charge is -2.15. The van der Waals surface area contributed by atoms with Gasteiger partial charge in [-0.2, -0.15) is 0 Å². The van der Waals surface area contributed by atoms with Crippen LogP contribution in [0.25, 0.3) is 22.0 Å². The number of fused-ring (bicyclic) bond motifs is 2. The summed E-state index contributed by atoms with van der Waals surface area (Å²) in [5, 5.41) is 1.07. The zero-order valence-electron chi connectivity index (χ0n) is 12.4. The summed E-state index contributed by atoms with van der Waals surface area (Å²) in [5.74, 6) is 0.240. The molecule has 0 saturated heterocycles. The van der Waals surface area contributed by atoms with Crippen molar-refractivity contribution in [3.05, 3.63) is 65.9 Å². The molecular weight excluding hydrogens is 270 g/mol. The van der Waals surface area contributed by atoms with Gasteiger partial charge in [0.25, 0.3) is 0 Å². The van der Waals surface area contributed by atoms with Gasteiger partial charge in [0.05, 0.1) is 11.2 Å². The molecule has 2 heteroatoms. The first-order valence-corrected chi connectivity index (χ1v) is 7.85. The van der Waals surface area contributed by atoms with Crippen molar-refractivity contribution in [2.75, 3.05) is 0 Å². The minimum atomic E-state index is 0.240. The molecule has 22 heavy (non-hydrogen) atoms. The number of hydrogen-bond donors (Lipinski definition) is 0. The Labute approximate surface area is 129 Å². The first kappa shape index (κ1) is 13.2. The summed E-state index contributed by atoms with van der Waals surface area (Å²) in [6.45, 7) is 0. The van der Waals surface area contributed by atoms with Crippen molar-refractivity contribution in [1.29, 1.82) is 0 Å². The third-order valence-electron chi connectivity index (χ3n) is 4.38. The van der Waals surface area contributed by atoms with Crippen molar-refractivity contribution in [3.8, 4) is 11.1 Å². The molecule has 1 heterocycles. The second kappa shape index (κ2) is 5.38. The van der Waals surface area contributed by atoms with Crippen LogP contribution in [-0.2, 0) is 6.42 Å². The van der Waals surface area contributed by atoms with Crippen molar-refractivity contribution in [3.63, 3.8) is 0 Å². The van der Waals surface area contributed by atoms with E-state index in [1.54, 1.807) is 0 Å². The monoisotopic (exact) mass is 287 g/mol. The number of para-hydroxylation sites is 1. The van der Waals surface area contributed by atoms with E-state index in [2.05, 4.69) is 18.2 Å². The predicted molar refractivity (Wildman–Crippen MR) is 89.1 cm³/mol. The molecule has 2 nitrogen and oxygen atoms in total. The summed E-state index contributed by atoms with van der Waals surface area (Å²) in [5.41, 5.74) is 4.97. The van der Waals surface area contributed by atoms with Gasteiger partial charge in [-0.1, -0.05) is 48.5 Å². The van der Waals surface area contributed by atoms with Crippen LogP contribution in [0.5, 0.6) is 0 Å². The summed E-state index contributed by atoms with van der Waals surface area (Å²) in [7, 11) is 0. The molecule has 108 valence electrons. The lowest BCUT2D eigenvalue weighted by molar-refractivity contribution is 0.0982. The van der Waals surface area contributed by atoms with Gasteiger partial charge >= 0.3 is 0 Å². The zero-order chi connectivity index (χ0) is 14.9. The Morgan fingerprint density at radius 3 is 2.36 bits per heavy atom. The average molecular weight is 287 g/mol. The standard InChI is InChI=1S/C20H17NO/c22-18-13-7-6-12-17-20(18)19(14-8-2-1-3-9-14)15-10-4-5-11-16(15)21-17/h1-5,8-11H,6-7,12-13H2. The topological polar surface area (TPSA) is 30.0 Å². The number of carbonyl (C=O) groups is 1. The van der Waals surface area contributed by atoms with Gasteiger partial charge in [-0.25, -0.2) is 0 Å². The number of aromatic nitrogens is 1. The molecule has 1 aliphatic carbocycles. The Hall–Kier alpha value is -2.48. The summed E-state index contributed by atoms with van der Waals surface area (Å²) in [4.78, 5) is 17.5. The Morgan fingerprint density at radius 1 is 0.773 bits per heavy atom. The van der Waals surface area contributed by atoms with Crippen molar-refractivity contribution < 1.29 is 4.79 Å². The fraction of sp³-hybridized carbons (Fsp3) is 0.200. The van der Waals surface area contributed by atoms with E-state index in [9.17, 15) is 4.79 Å². The lowest BCUT2D eigenvalue weighted by atomic mass is 9.91. The number of benzene rings is 2. The van der Waals surface area contributed by atoms with E-state index in [-0.39, 0.29) is 5.78 Å². The second-order valence-corrected chi connectivity index (χ2v) is 5.82. The van der Waals surface area contributed by atoms with E-state index in [1.807, 2.05) is 36.4 Å². The molecule has 0 unspecified atom stereocenters. The van der Waals surface area contributed by atoms with Gasteiger partial charge in [-0.15, -0.1) is 0 Å². The number of pyridine rings is 1. The van der Waals surface area contributed by atoms with Crippen molar-refractivity contribution in [2.45, 2.75) is 25.7 Å². The average Bonchev–Trinajstić information content (AvgIpc) is 2.75. The fourth-order valence-corrected chi connectivity index (χ4v) is 3.35. The van der Waals surface area contributed by atoms with Gasteiger partial charge in [-0.3, -0.25) is 9.78 Å². The Balaban J connectivity index is 2.13.